The highest BCUT2D eigenvalue weighted by Crippen LogP contribution is 2.25. The third-order valence-electron chi connectivity index (χ3n) is 6.10. The number of anilines is 1. The van der Waals surface area contributed by atoms with E-state index >= 15 is 0 Å². The molecule has 0 spiro atoms. The fraction of sp³-hybridized carbons (Fsp3) is 0.333. The largest absolute Gasteiger partial charge is 0.376 e. The molecule has 2 aliphatic heterocycles. The van der Waals surface area contributed by atoms with Gasteiger partial charge in [0.25, 0.3) is 5.91 Å². The van der Waals surface area contributed by atoms with Gasteiger partial charge in [-0.05, 0) is 29.8 Å². The van der Waals surface area contributed by atoms with Gasteiger partial charge >= 0.3 is 0 Å². The summed E-state index contributed by atoms with van der Waals surface area (Å²) in [6.07, 6.45) is 0.678. The second-order valence-corrected chi connectivity index (χ2v) is 8.09. The number of carbonyl (C=O) groups is 1. The lowest BCUT2D eigenvalue weighted by molar-refractivity contribution is 0.0727. The second kappa shape index (κ2) is 8.70. The van der Waals surface area contributed by atoms with Crippen molar-refractivity contribution in [2.45, 2.75) is 19.6 Å². The van der Waals surface area contributed by atoms with Crippen LogP contribution in [0.15, 0.2) is 48.5 Å². The summed E-state index contributed by atoms with van der Waals surface area (Å²) in [7, 11) is 0. The maximum absolute atomic E-state index is 14.1. The fourth-order valence-corrected chi connectivity index (χ4v) is 4.38. The number of nitrogens with zero attached hydrogens (tertiary/aromatic N) is 4. The van der Waals surface area contributed by atoms with E-state index in [0.29, 0.717) is 63.7 Å². The lowest BCUT2D eigenvalue weighted by Crippen LogP contribution is -2.49. The Morgan fingerprint density at radius 3 is 2.50 bits per heavy atom. The number of rotatable bonds is 4. The highest BCUT2D eigenvalue weighted by Gasteiger charge is 2.30. The summed E-state index contributed by atoms with van der Waals surface area (Å²) in [4.78, 5) is 17.1. The number of carbonyl (C=O) groups excluding carboxylic acids is 1. The average molecular weight is 438 g/mol. The van der Waals surface area contributed by atoms with Gasteiger partial charge in [-0.2, -0.15) is 5.10 Å². The highest BCUT2D eigenvalue weighted by molar-refractivity contribution is 5.94. The van der Waals surface area contributed by atoms with Crippen molar-refractivity contribution in [1.29, 1.82) is 0 Å². The summed E-state index contributed by atoms with van der Waals surface area (Å²) in [5, 5.41) is 4.65. The van der Waals surface area contributed by atoms with Gasteiger partial charge in [-0.3, -0.25) is 9.48 Å². The number of halogens is 2. The van der Waals surface area contributed by atoms with Crippen LogP contribution in [0.4, 0.5) is 14.5 Å². The Hall–Kier alpha value is -3.26. The van der Waals surface area contributed by atoms with Gasteiger partial charge in [0.05, 0.1) is 25.4 Å². The van der Waals surface area contributed by atoms with E-state index in [1.807, 2.05) is 15.6 Å². The topological polar surface area (TPSA) is 50.6 Å². The Balaban J connectivity index is 1.34. The van der Waals surface area contributed by atoms with Crippen LogP contribution in [0.1, 0.15) is 27.3 Å². The minimum Gasteiger partial charge on any atom is -0.376 e. The van der Waals surface area contributed by atoms with Gasteiger partial charge in [-0.15, -0.1) is 0 Å². The van der Waals surface area contributed by atoms with Crippen LogP contribution in [0, 0.1) is 11.6 Å². The molecule has 2 aliphatic rings. The molecule has 0 radical (unpaired) electrons. The zero-order chi connectivity index (χ0) is 22.1. The number of para-hydroxylation sites is 1. The second-order valence-electron chi connectivity index (χ2n) is 8.09. The molecular formula is C24H24F2N4O2. The summed E-state index contributed by atoms with van der Waals surface area (Å²) in [5.74, 6) is -0.661. The molecule has 0 saturated carbocycles. The minimum absolute atomic E-state index is 0.127. The van der Waals surface area contributed by atoms with Gasteiger partial charge in [0.15, 0.2) is 5.69 Å². The molecule has 166 valence electrons. The summed E-state index contributed by atoms with van der Waals surface area (Å²) in [6, 6.07) is 13.0. The third kappa shape index (κ3) is 3.98. The first kappa shape index (κ1) is 20.6. The molecule has 1 amide bonds. The maximum Gasteiger partial charge on any atom is 0.274 e. The molecule has 5 rings (SSSR count). The van der Waals surface area contributed by atoms with Gasteiger partial charge < -0.3 is 14.5 Å². The number of benzene rings is 2. The molecule has 1 fully saturated rings. The molecule has 3 heterocycles. The van der Waals surface area contributed by atoms with Crippen molar-refractivity contribution in [2.75, 3.05) is 37.7 Å². The van der Waals surface area contributed by atoms with Gasteiger partial charge in [0, 0.05) is 43.9 Å². The lowest BCUT2D eigenvalue weighted by Gasteiger charge is -2.36. The van der Waals surface area contributed by atoms with Crippen molar-refractivity contribution in [2.24, 2.45) is 0 Å². The van der Waals surface area contributed by atoms with Gasteiger partial charge in [0.1, 0.15) is 11.6 Å². The number of piperazine rings is 1. The molecule has 3 aromatic rings. The number of fused-ring (bicyclic) bond motifs is 1. The average Bonchev–Trinajstić information content (AvgIpc) is 3.19. The summed E-state index contributed by atoms with van der Waals surface area (Å²) in [6.45, 7) is 3.51. The van der Waals surface area contributed by atoms with Gasteiger partial charge in [-0.25, -0.2) is 8.78 Å². The smallest absolute Gasteiger partial charge is 0.274 e. The van der Waals surface area contributed by atoms with E-state index in [1.54, 1.807) is 29.2 Å². The van der Waals surface area contributed by atoms with Gasteiger partial charge in [0.2, 0.25) is 0 Å². The van der Waals surface area contributed by atoms with Crippen LogP contribution < -0.4 is 4.90 Å². The molecule has 6 nitrogen and oxygen atoms in total. The molecule has 1 aromatic heterocycles. The van der Waals surface area contributed by atoms with Crippen LogP contribution in [0.2, 0.25) is 0 Å². The van der Waals surface area contributed by atoms with E-state index < -0.39 is 0 Å². The first-order chi connectivity index (χ1) is 15.6. The molecule has 32 heavy (non-hydrogen) atoms. The maximum atomic E-state index is 14.1. The van der Waals surface area contributed by atoms with Crippen molar-refractivity contribution < 1.29 is 18.3 Å². The number of hydrogen-bond acceptors (Lipinski definition) is 4. The van der Waals surface area contributed by atoms with Crippen LogP contribution in [0.5, 0.6) is 0 Å². The van der Waals surface area contributed by atoms with E-state index in [2.05, 4.69) is 5.10 Å². The number of aromatic nitrogens is 2. The van der Waals surface area contributed by atoms with E-state index in [0.717, 1.165) is 16.8 Å². The van der Waals surface area contributed by atoms with Crippen molar-refractivity contribution in [3.8, 4) is 0 Å². The van der Waals surface area contributed by atoms with Crippen LogP contribution >= 0.6 is 0 Å². The number of ether oxygens (including phenoxy) is 1. The molecule has 0 aliphatic carbocycles. The molecular weight excluding hydrogens is 414 g/mol. The molecule has 0 bridgehead atoms. The fourth-order valence-electron chi connectivity index (χ4n) is 4.38. The Morgan fingerprint density at radius 2 is 1.75 bits per heavy atom. The number of hydrogen-bond donors (Lipinski definition) is 0. The molecule has 2 aromatic carbocycles. The molecule has 0 unspecified atom stereocenters. The molecule has 1 saturated heterocycles. The summed E-state index contributed by atoms with van der Waals surface area (Å²) >= 11 is 0. The first-order valence-corrected chi connectivity index (χ1v) is 10.8. The zero-order valence-electron chi connectivity index (χ0n) is 17.6. The van der Waals surface area contributed by atoms with E-state index in [4.69, 9.17) is 4.74 Å². The Morgan fingerprint density at radius 1 is 1.00 bits per heavy atom. The lowest BCUT2D eigenvalue weighted by atomic mass is 10.1. The highest BCUT2D eigenvalue weighted by atomic mass is 19.1. The molecule has 0 atom stereocenters. The summed E-state index contributed by atoms with van der Waals surface area (Å²) < 4.78 is 34.8. The predicted molar refractivity (Wildman–Crippen MR) is 116 cm³/mol. The zero-order valence-corrected chi connectivity index (χ0v) is 17.6. The first-order valence-electron chi connectivity index (χ1n) is 10.8. The van der Waals surface area contributed by atoms with Crippen LogP contribution in [0.25, 0.3) is 0 Å². The summed E-state index contributed by atoms with van der Waals surface area (Å²) in [5.41, 5.74) is 3.73. The Labute approximate surface area is 185 Å². The van der Waals surface area contributed by atoms with Crippen molar-refractivity contribution in [3.05, 3.63) is 82.7 Å². The quantitative estimate of drug-likeness (QED) is 0.628. The van der Waals surface area contributed by atoms with Gasteiger partial charge in [-0.1, -0.05) is 24.3 Å². The van der Waals surface area contributed by atoms with E-state index in [-0.39, 0.29) is 17.5 Å². The Bertz CT molecular complexity index is 1120. The van der Waals surface area contributed by atoms with E-state index in [1.165, 1.54) is 18.2 Å². The van der Waals surface area contributed by atoms with E-state index in [9.17, 15) is 13.6 Å². The van der Waals surface area contributed by atoms with Crippen molar-refractivity contribution >= 4 is 11.6 Å². The van der Waals surface area contributed by atoms with Crippen LogP contribution in [0.3, 0.4) is 0 Å². The SMILES string of the molecule is O=C(c1nn(Cc2ccc(F)cc2)c2c1COCC2)N1CCN(c2ccccc2F)CC1. The standard InChI is InChI=1S/C24H24F2N4O2/c25-18-7-5-17(6-8-18)15-30-21-9-14-32-16-19(21)23(27-30)24(31)29-12-10-28(11-13-29)22-4-2-1-3-20(22)26/h1-8H,9-16H2. The van der Waals surface area contributed by atoms with Crippen molar-refractivity contribution in [1.82, 2.24) is 14.7 Å². The Kier molecular flexibility index (Phi) is 5.61. The monoisotopic (exact) mass is 438 g/mol. The minimum atomic E-state index is -0.282. The van der Waals surface area contributed by atoms with Crippen LogP contribution in [-0.2, 0) is 24.3 Å². The predicted octanol–water partition coefficient (Wildman–Crippen LogP) is 3.24. The number of amides is 1. The third-order valence-corrected chi connectivity index (χ3v) is 6.10. The van der Waals surface area contributed by atoms with Crippen molar-refractivity contribution in [3.63, 3.8) is 0 Å². The van der Waals surface area contributed by atoms with Crippen LogP contribution in [-0.4, -0.2) is 53.4 Å². The molecule has 8 heteroatoms. The molecule has 0 N–H and O–H groups in total. The normalized spacial score (nSPS) is 16.2.